The molecule has 0 aliphatic carbocycles. The van der Waals surface area contributed by atoms with Gasteiger partial charge in [-0.3, -0.25) is 0 Å². The maximum absolute atomic E-state index is 11.6. The van der Waals surface area contributed by atoms with E-state index < -0.39 is 10.0 Å². The van der Waals surface area contributed by atoms with Crippen LogP contribution in [0, 0.1) is 11.3 Å². The number of halogens is 1. The van der Waals surface area contributed by atoms with Gasteiger partial charge >= 0.3 is 0 Å². The molecule has 0 saturated carbocycles. The molecule has 1 aromatic carbocycles. The van der Waals surface area contributed by atoms with E-state index in [0.717, 1.165) is 18.7 Å². The first-order valence-corrected chi connectivity index (χ1v) is 9.01. The Morgan fingerprint density at radius 3 is 2.71 bits per heavy atom. The molecule has 0 bridgehead atoms. The van der Waals surface area contributed by atoms with Gasteiger partial charge in [0, 0.05) is 31.4 Å². The third kappa shape index (κ3) is 3.49. The quantitative estimate of drug-likeness (QED) is 0.849. The van der Waals surface area contributed by atoms with Crippen molar-refractivity contribution in [2.45, 2.75) is 19.4 Å². The summed E-state index contributed by atoms with van der Waals surface area (Å²) in [6.07, 6.45) is 2.03. The smallest absolute Gasteiger partial charge is 0.211 e. The number of nitrogens with zero attached hydrogens (tertiary/aromatic N) is 3. The van der Waals surface area contributed by atoms with E-state index in [0.29, 0.717) is 23.7 Å². The Balaban J connectivity index is 2.22. The second kappa shape index (κ2) is 6.22. The Hall–Kier alpha value is -1.29. The zero-order valence-corrected chi connectivity index (χ0v) is 13.7. The summed E-state index contributed by atoms with van der Waals surface area (Å²) < 4.78 is 24.7. The Bertz CT molecular complexity index is 669. The molecule has 1 heterocycles. The maximum atomic E-state index is 11.6. The largest absolute Gasteiger partial charge is 0.367 e. The van der Waals surface area contributed by atoms with E-state index in [-0.39, 0.29) is 6.04 Å². The average molecular weight is 328 g/mol. The summed E-state index contributed by atoms with van der Waals surface area (Å²) in [4.78, 5) is 2.14. The van der Waals surface area contributed by atoms with E-state index in [1.165, 1.54) is 10.6 Å². The number of hydrogen-bond donors (Lipinski definition) is 0. The second-order valence-corrected chi connectivity index (χ2v) is 7.52. The van der Waals surface area contributed by atoms with E-state index in [4.69, 9.17) is 16.9 Å². The zero-order valence-electron chi connectivity index (χ0n) is 12.1. The normalized spacial score (nSPS) is 19.4. The van der Waals surface area contributed by atoms with Gasteiger partial charge in [0.05, 0.1) is 16.8 Å². The third-order valence-electron chi connectivity index (χ3n) is 3.78. The lowest BCUT2D eigenvalue weighted by atomic mass is 10.1. The number of anilines is 1. The SMILES string of the molecule is CCN(c1ccc(C#N)c(Cl)c1)[C@H]1CCN(S(C)(=O)=O)C1. The van der Waals surface area contributed by atoms with Crippen molar-refractivity contribution in [3.63, 3.8) is 0 Å². The van der Waals surface area contributed by atoms with Crippen molar-refractivity contribution in [1.82, 2.24) is 4.31 Å². The number of hydrogen-bond acceptors (Lipinski definition) is 4. The van der Waals surface area contributed by atoms with Crippen LogP contribution in [-0.4, -0.2) is 44.7 Å². The summed E-state index contributed by atoms with van der Waals surface area (Å²) in [5.41, 5.74) is 1.36. The third-order valence-corrected chi connectivity index (χ3v) is 5.36. The molecule has 7 heteroatoms. The Kier molecular flexibility index (Phi) is 4.77. The number of likely N-dealkylation sites (N-methyl/N-ethyl adjacent to an activating group) is 1. The highest BCUT2D eigenvalue weighted by molar-refractivity contribution is 7.88. The lowest BCUT2D eigenvalue weighted by molar-refractivity contribution is 0.474. The Morgan fingerprint density at radius 2 is 2.24 bits per heavy atom. The molecular formula is C14H18ClN3O2S. The van der Waals surface area contributed by atoms with Crippen molar-refractivity contribution in [2.75, 3.05) is 30.8 Å². The van der Waals surface area contributed by atoms with Gasteiger partial charge in [-0.15, -0.1) is 0 Å². The molecule has 5 nitrogen and oxygen atoms in total. The number of rotatable bonds is 4. The van der Waals surface area contributed by atoms with Gasteiger partial charge in [0.25, 0.3) is 0 Å². The van der Waals surface area contributed by atoms with Crippen LogP contribution in [0.1, 0.15) is 18.9 Å². The summed E-state index contributed by atoms with van der Waals surface area (Å²) in [5, 5.41) is 9.34. The van der Waals surface area contributed by atoms with Gasteiger partial charge < -0.3 is 4.90 Å². The average Bonchev–Trinajstić information content (AvgIpc) is 2.89. The first kappa shape index (κ1) is 16.1. The van der Waals surface area contributed by atoms with E-state index in [2.05, 4.69) is 4.90 Å². The first-order valence-electron chi connectivity index (χ1n) is 6.78. The molecule has 0 aromatic heterocycles. The van der Waals surface area contributed by atoms with Crippen LogP contribution < -0.4 is 4.90 Å². The molecule has 0 unspecified atom stereocenters. The van der Waals surface area contributed by atoms with Crippen LogP contribution in [0.2, 0.25) is 5.02 Å². The van der Waals surface area contributed by atoms with Gasteiger partial charge in [-0.1, -0.05) is 11.6 Å². The maximum Gasteiger partial charge on any atom is 0.211 e. The second-order valence-electron chi connectivity index (χ2n) is 5.13. The Morgan fingerprint density at radius 1 is 1.52 bits per heavy atom. The lowest BCUT2D eigenvalue weighted by Gasteiger charge is -2.30. The molecule has 114 valence electrons. The molecule has 1 saturated heterocycles. The van der Waals surface area contributed by atoms with E-state index >= 15 is 0 Å². The predicted octanol–water partition coefficient (Wildman–Crippen LogP) is 2.07. The van der Waals surface area contributed by atoms with Gasteiger partial charge in [0.15, 0.2) is 0 Å². The Labute approximate surface area is 130 Å². The van der Waals surface area contributed by atoms with Gasteiger partial charge in [0.2, 0.25) is 10.0 Å². The van der Waals surface area contributed by atoms with Crippen molar-refractivity contribution in [1.29, 1.82) is 5.26 Å². The molecule has 1 aliphatic rings. The predicted molar refractivity (Wildman–Crippen MR) is 84.0 cm³/mol. The highest BCUT2D eigenvalue weighted by Crippen LogP contribution is 2.28. The van der Waals surface area contributed by atoms with E-state index in [1.807, 2.05) is 19.1 Å². The standard InChI is InChI=1S/C14H18ClN3O2S/c1-3-18(12-5-4-11(9-16)14(15)8-12)13-6-7-17(10-13)21(2,19)20/h4-5,8,13H,3,6-7,10H2,1-2H3/t13-/m0/s1. The van der Waals surface area contributed by atoms with Gasteiger partial charge in [-0.2, -0.15) is 5.26 Å². The molecule has 2 rings (SSSR count). The van der Waals surface area contributed by atoms with Crippen LogP contribution >= 0.6 is 11.6 Å². The highest BCUT2D eigenvalue weighted by Gasteiger charge is 2.32. The summed E-state index contributed by atoms with van der Waals surface area (Å²) in [5.74, 6) is 0. The van der Waals surface area contributed by atoms with Gasteiger partial charge in [0.1, 0.15) is 6.07 Å². The molecule has 21 heavy (non-hydrogen) atoms. The number of benzene rings is 1. The molecule has 0 spiro atoms. The number of nitriles is 1. The summed E-state index contributed by atoms with van der Waals surface area (Å²) >= 11 is 6.08. The fourth-order valence-corrected chi connectivity index (χ4v) is 3.79. The van der Waals surface area contributed by atoms with Crippen molar-refractivity contribution in [2.24, 2.45) is 0 Å². The molecule has 1 fully saturated rings. The van der Waals surface area contributed by atoms with E-state index in [9.17, 15) is 8.42 Å². The molecule has 1 atom stereocenters. The molecule has 1 aliphatic heterocycles. The van der Waals surface area contributed by atoms with Gasteiger partial charge in [-0.05, 0) is 31.5 Å². The zero-order chi connectivity index (χ0) is 15.6. The lowest BCUT2D eigenvalue weighted by Crippen LogP contribution is -2.38. The molecule has 1 aromatic rings. The summed E-state index contributed by atoms with van der Waals surface area (Å²) in [6, 6.07) is 7.50. The van der Waals surface area contributed by atoms with Crippen LogP contribution in [0.5, 0.6) is 0 Å². The number of sulfonamides is 1. The molecule has 0 radical (unpaired) electrons. The minimum Gasteiger partial charge on any atom is -0.367 e. The fraction of sp³-hybridized carbons (Fsp3) is 0.500. The van der Waals surface area contributed by atoms with Gasteiger partial charge in [-0.25, -0.2) is 12.7 Å². The molecular weight excluding hydrogens is 310 g/mol. The summed E-state index contributed by atoms with van der Waals surface area (Å²) in [7, 11) is -3.14. The monoisotopic (exact) mass is 327 g/mol. The van der Waals surface area contributed by atoms with Crippen LogP contribution in [0.3, 0.4) is 0 Å². The van der Waals surface area contributed by atoms with Crippen LogP contribution in [0.25, 0.3) is 0 Å². The minimum absolute atomic E-state index is 0.133. The van der Waals surface area contributed by atoms with Crippen molar-refractivity contribution < 1.29 is 8.42 Å². The first-order chi connectivity index (χ1) is 9.86. The van der Waals surface area contributed by atoms with Crippen molar-refractivity contribution in [3.8, 4) is 6.07 Å². The van der Waals surface area contributed by atoms with E-state index in [1.54, 1.807) is 12.1 Å². The van der Waals surface area contributed by atoms with Crippen molar-refractivity contribution in [3.05, 3.63) is 28.8 Å². The summed E-state index contributed by atoms with van der Waals surface area (Å²) in [6.45, 7) is 3.81. The van der Waals surface area contributed by atoms with Crippen molar-refractivity contribution >= 4 is 27.3 Å². The minimum atomic E-state index is -3.14. The fourth-order valence-electron chi connectivity index (χ4n) is 2.69. The van der Waals surface area contributed by atoms with Crippen LogP contribution in [0.4, 0.5) is 5.69 Å². The van der Waals surface area contributed by atoms with Crippen LogP contribution in [-0.2, 0) is 10.0 Å². The highest BCUT2D eigenvalue weighted by atomic mass is 35.5. The molecule has 0 amide bonds. The molecule has 0 N–H and O–H groups in total. The van der Waals surface area contributed by atoms with Crippen LogP contribution in [0.15, 0.2) is 18.2 Å². The topological polar surface area (TPSA) is 64.4 Å².